The average molecular weight is 394 g/mol. The van der Waals surface area contributed by atoms with Crippen molar-refractivity contribution in [3.63, 3.8) is 0 Å². The molecule has 2 aromatic carbocycles. The molecule has 0 unspecified atom stereocenters. The first-order valence-electron chi connectivity index (χ1n) is 8.66. The Hall–Kier alpha value is -3.20. The van der Waals surface area contributed by atoms with E-state index in [1.165, 1.54) is 11.8 Å². The number of hydrogen-bond donors (Lipinski definition) is 1. The largest absolute Gasteiger partial charge is 0.494 e. The molecule has 0 spiro atoms. The standard InChI is InChI=1S/C19H18N6O2S/c1-11-8-9-16(27-3)15(10-11)25-19(22-23-24-25)28-12(2)17-20-14-7-5-4-6-13(14)18(26)21-17/h4-10,12H,1-3H3,(H,20,21,26)/t12-/m0/s1. The molecule has 0 radical (unpaired) electrons. The lowest BCUT2D eigenvalue weighted by Crippen LogP contribution is -2.13. The molecule has 2 aromatic heterocycles. The van der Waals surface area contributed by atoms with Crippen LogP contribution in [-0.2, 0) is 0 Å². The number of methoxy groups -OCH3 is 1. The lowest BCUT2D eigenvalue weighted by molar-refractivity contribution is 0.410. The maximum atomic E-state index is 12.3. The van der Waals surface area contributed by atoms with Gasteiger partial charge in [0.25, 0.3) is 5.56 Å². The number of para-hydroxylation sites is 1. The van der Waals surface area contributed by atoms with Crippen LogP contribution in [0.2, 0.25) is 0 Å². The van der Waals surface area contributed by atoms with Gasteiger partial charge in [-0.15, -0.1) is 5.10 Å². The number of fused-ring (bicyclic) bond motifs is 1. The summed E-state index contributed by atoms with van der Waals surface area (Å²) in [6.07, 6.45) is 0. The van der Waals surface area contributed by atoms with Gasteiger partial charge in [-0.1, -0.05) is 30.0 Å². The van der Waals surface area contributed by atoms with E-state index in [0.717, 1.165) is 11.3 Å². The number of ether oxygens (including phenoxy) is 1. The van der Waals surface area contributed by atoms with Gasteiger partial charge in [-0.05, 0) is 54.1 Å². The number of nitrogens with one attached hydrogen (secondary N) is 1. The van der Waals surface area contributed by atoms with Gasteiger partial charge in [-0.3, -0.25) is 4.79 Å². The third-order valence-corrected chi connectivity index (χ3v) is 5.34. The van der Waals surface area contributed by atoms with E-state index in [0.29, 0.717) is 27.6 Å². The van der Waals surface area contributed by atoms with Crippen LogP contribution < -0.4 is 10.3 Å². The van der Waals surface area contributed by atoms with Gasteiger partial charge in [0.15, 0.2) is 0 Å². The maximum absolute atomic E-state index is 12.3. The van der Waals surface area contributed by atoms with Crippen LogP contribution in [0, 0.1) is 6.92 Å². The maximum Gasteiger partial charge on any atom is 0.258 e. The molecule has 0 bridgehead atoms. The second-order valence-electron chi connectivity index (χ2n) is 6.28. The van der Waals surface area contributed by atoms with E-state index in [2.05, 4.69) is 25.5 Å². The fourth-order valence-electron chi connectivity index (χ4n) is 2.88. The van der Waals surface area contributed by atoms with Crippen LogP contribution in [0.1, 0.15) is 23.6 Å². The summed E-state index contributed by atoms with van der Waals surface area (Å²) in [6.45, 7) is 3.94. The summed E-state index contributed by atoms with van der Waals surface area (Å²) < 4.78 is 7.08. The highest BCUT2D eigenvalue weighted by Gasteiger charge is 2.19. The van der Waals surface area contributed by atoms with Gasteiger partial charge in [0.1, 0.15) is 17.3 Å². The molecule has 1 N–H and O–H groups in total. The number of aromatic amines is 1. The number of tetrazole rings is 1. The van der Waals surface area contributed by atoms with E-state index in [4.69, 9.17) is 4.74 Å². The van der Waals surface area contributed by atoms with Crippen LogP contribution in [-0.4, -0.2) is 37.3 Å². The average Bonchev–Trinajstić information content (AvgIpc) is 3.15. The topological polar surface area (TPSA) is 98.6 Å². The third-order valence-electron chi connectivity index (χ3n) is 4.30. The molecule has 4 rings (SSSR count). The molecule has 0 aliphatic carbocycles. The minimum atomic E-state index is -0.169. The summed E-state index contributed by atoms with van der Waals surface area (Å²) in [5.41, 5.74) is 2.32. The zero-order chi connectivity index (χ0) is 19.7. The molecule has 0 aliphatic rings. The minimum Gasteiger partial charge on any atom is -0.494 e. The summed E-state index contributed by atoms with van der Waals surface area (Å²) in [7, 11) is 1.61. The number of hydrogen-bond acceptors (Lipinski definition) is 7. The Balaban J connectivity index is 1.69. The Morgan fingerprint density at radius 1 is 1.21 bits per heavy atom. The number of aryl methyl sites for hydroxylation is 1. The van der Waals surface area contributed by atoms with Crippen LogP contribution in [0.15, 0.2) is 52.4 Å². The van der Waals surface area contributed by atoms with Crippen molar-refractivity contribution in [3.8, 4) is 11.4 Å². The molecular weight excluding hydrogens is 376 g/mol. The Morgan fingerprint density at radius 2 is 2.04 bits per heavy atom. The van der Waals surface area contributed by atoms with Crippen molar-refractivity contribution in [1.29, 1.82) is 0 Å². The van der Waals surface area contributed by atoms with E-state index in [1.807, 2.05) is 50.2 Å². The Morgan fingerprint density at radius 3 is 2.86 bits per heavy atom. The molecule has 142 valence electrons. The fraction of sp³-hybridized carbons (Fsp3) is 0.211. The summed E-state index contributed by atoms with van der Waals surface area (Å²) in [5, 5.41) is 13.0. The SMILES string of the molecule is COc1ccc(C)cc1-n1nnnc1S[C@@H](C)c1nc2ccccc2c(=O)[nH]1. The Bertz CT molecular complexity index is 1200. The molecule has 9 heteroatoms. The molecule has 0 saturated heterocycles. The quantitative estimate of drug-likeness (QED) is 0.519. The molecule has 28 heavy (non-hydrogen) atoms. The van der Waals surface area contributed by atoms with Crippen molar-refractivity contribution >= 4 is 22.7 Å². The van der Waals surface area contributed by atoms with Crippen LogP contribution in [0.4, 0.5) is 0 Å². The van der Waals surface area contributed by atoms with Gasteiger partial charge in [0, 0.05) is 0 Å². The van der Waals surface area contributed by atoms with Gasteiger partial charge in [0.05, 0.1) is 23.3 Å². The van der Waals surface area contributed by atoms with Crippen LogP contribution in [0.25, 0.3) is 16.6 Å². The first-order chi connectivity index (χ1) is 13.6. The molecular formula is C19H18N6O2S. The van der Waals surface area contributed by atoms with E-state index < -0.39 is 0 Å². The predicted molar refractivity (Wildman–Crippen MR) is 107 cm³/mol. The first kappa shape index (κ1) is 18.2. The van der Waals surface area contributed by atoms with Gasteiger partial charge >= 0.3 is 0 Å². The lowest BCUT2D eigenvalue weighted by Gasteiger charge is -2.13. The molecule has 0 amide bonds. The van der Waals surface area contributed by atoms with Crippen molar-refractivity contribution in [2.45, 2.75) is 24.3 Å². The number of benzene rings is 2. The van der Waals surface area contributed by atoms with Crippen LogP contribution in [0.5, 0.6) is 5.75 Å². The second kappa shape index (κ2) is 7.43. The highest BCUT2D eigenvalue weighted by atomic mass is 32.2. The zero-order valence-corrected chi connectivity index (χ0v) is 16.4. The minimum absolute atomic E-state index is 0.159. The smallest absolute Gasteiger partial charge is 0.258 e. The normalized spacial score (nSPS) is 12.2. The van der Waals surface area contributed by atoms with Crippen molar-refractivity contribution in [3.05, 3.63) is 64.2 Å². The van der Waals surface area contributed by atoms with Crippen LogP contribution >= 0.6 is 11.8 Å². The summed E-state index contributed by atoms with van der Waals surface area (Å²) in [5.74, 6) is 1.24. The van der Waals surface area contributed by atoms with E-state index in [-0.39, 0.29) is 10.8 Å². The molecule has 8 nitrogen and oxygen atoms in total. The van der Waals surface area contributed by atoms with Crippen molar-refractivity contribution in [1.82, 2.24) is 30.2 Å². The second-order valence-corrected chi connectivity index (χ2v) is 7.58. The molecule has 0 aliphatic heterocycles. The number of aromatic nitrogens is 6. The number of thioether (sulfide) groups is 1. The number of H-pyrrole nitrogens is 1. The van der Waals surface area contributed by atoms with Crippen molar-refractivity contribution < 1.29 is 4.74 Å². The first-order valence-corrected chi connectivity index (χ1v) is 9.54. The van der Waals surface area contributed by atoms with E-state index in [9.17, 15) is 4.79 Å². The number of rotatable bonds is 5. The highest BCUT2D eigenvalue weighted by molar-refractivity contribution is 7.99. The van der Waals surface area contributed by atoms with Gasteiger partial charge < -0.3 is 9.72 Å². The highest BCUT2D eigenvalue weighted by Crippen LogP contribution is 2.34. The lowest BCUT2D eigenvalue weighted by atomic mass is 10.2. The molecule has 0 saturated carbocycles. The third kappa shape index (κ3) is 3.36. The zero-order valence-electron chi connectivity index (χ0n) is 15.6. The Kier molecular flexibility index (Phi) is 4.82. The molecule has 1 atom stereocenters. The van der Waals surface area contributed by atoms with Crippen molar-refractivity contribution in [2.24, 2.45) is 0 Å². The summed E-state index contributed by atoms with van der Waals surface area (Å²) >= 11 is 1.41. The monoisotopic (exact) mass is 394 g/mol. The van der Waals surface area contributed by atoms with E-state index in [1.54, 1.807) is 17.9 Å². The van der Waals surface area contributed by atoms with Crippen molar-refractivity contribution in [2.75, 3.05) is 7.11 Å². The summed E-state index contributed by atoms with van der Waals surface area (Å²) in [4.78, 5) is 19.8. The predicted octanol–water partition coefficient (Wildman–Crippen LogP) is 3.07. The Labute approximate surface area is 165 Å². The molecule has 0 fully saturated rings. The summed E-state index contributed by atoms with van der Waals surface area (Å²) in [6, 6.07) is 13.1. The van der Waals surface area contributed by atoms with Gasteiger partial charge in [0.2, 0.25) is 5.16 Å². The fourth-order valence-corrected chi connectivity index (χ4v) is 3.74. The van der Waals surface area contributed by atoms with Crippen LogP contribution in [0.3, 0.4) is 0 Å². The van der Waals surface area contributed by atoms with E-state index >= 15 is 0 Å². The van der Waals surface area contributed by atoms with Gasteiger partial charge in [-0.25, -0.2) is 4.98 Å². The van der Waals surface area contributed by atoms with Gasteiger partial charge in [-0.2, -0.15) is 4.68 Å². The molecule has 4 aromatic rings. The number of nitrogens with zero attached hydrogens (tertiary/aromatic N) is 5. The molecule has 2 heterocycles.